The molecule has 2 aromatic carbocycles. The molecule has 1 amide bonds. The molecule has 0 radical (unpaired) electrons. The number of rotatable bonds is 7. The van der Waals surface area contributed by atoms with Crippen molar-refractivity contribution in [3.8, 4) is 16.9 Å². The van der Waals surface area contributed by atoms with Gasteiger partial charge in [0.15, 0.2) is 11.6 Å². The van der Waals surface area contributed by atoms with Crippen LogP contribution in [-0.2, 0) is 0 Å². The van der Waals surface area contributed by atoms with Crippen LogP contribution in [0.3, 0.4) is 0 Å². The third kappa shape index (κ3) is 5.91. The van der Waals surface area contributed by atoms with Crippen molar-refractivity contribution < 1.29 is 31.5 Å². The number of carbonyl (C=O) groups excluding carboxylic acids is 1. The molecular formula is C29H34F5N3O2. The highest BCUT2D eigenvalue weighted by molar-refractivity contribution is 6.01. The van der Waals surface area contributed by atoms with Gasteiger partial charge in [0.05, 0.1) is 17.6 Å². The molecule has 1 N–H and O–H groups in total. The molecule has 212 valence electrons. The lowest BCUT2D eigenvalue weighted by atomic mass is 9.67. The van der Waals surface area contributed by atoms with Gasteiger partial charge in [0.2, 0.25) is 0 Å². The number of halogens is 5. The Kier molecular flexibility index (Phi) is 8.14. The average molecular weight is 552 g/mol. The number of hydrogen-bond donors (Lipinski definition) is 1. The molecule has 10 heteroatoms. The van der Waals surface area contributed by atoms with Crippen LogP contribution in [0.15, 0.2) is 36.4 Å². The molecule has 39 heavy (non-hydrogen) atoms. The molecule has 0 spiro atoms. The summed E-state index contributed by atoms with van der Waals surface area (Å²) in [5.74, 6) is -1.52. The van der Waals surface area contributed by atoms with E-state index in [4.69, 9.17) is 4.74 Å². The maximum Gasteiger partial charge on any atom is 0.395 e. The summed E-state index contributed by atoms with van der Waals surface area (Å²) in [5.41, 5.74) is -0.938. The first kappa shape index (κ1) is 27.8. The van der Waals surface area contributed by atoms with Gasteiger partial charge in [-0.1, -0.05) is 24.6 Å². The molecule has 0 aromatic heterocycles. The van der Waals surface area contributed by atoms with Crippen LogP contribution in [0, 0.1) is 23.0 Å². The number of alkyl halides is 3. The van der Waals surface area contributed by atoms with Gasteiger partial charge in [0.25, 0.3) is 5.91 Å². The van der Waals surface area contributed by atoms with Crippen LogP contribution in [0.1, 0.15) is 42.5 Å². The molecule has 2 saturated heterocycles. The Morgan fingerprint density at radius 3 is 2.33 bits per heavy atom. The summed E-state index contributed by atoms with van der Waals surface area (Å²) in [6.07, 6.45) is -1.75. The number of amides is 1. The quantitative estimate of drug-likeness (QED) is 0.462. The van der Waals surface area contributed by atoms with Crippen molar-refractivity contribution in [3.05, 3.63) is 53.6 Å². The van der Waals surface area contributed by atoms with E-state index in [0.717, 1.165) is 0 Å². The molecule has 0 bridgehead atoms. The Morgan fingerprint density at radius 1 is 1.00 bits per heavy atom. The standard InChI is InChI=1S/C29H34F5N3O2/c30-23-4-1-3-22(26(23)27(38)37-15-11-35-12-16-37)21-5-6-25(24(31)17-21)39-18-20-7-13-36(14-8-20)19-28(9-2-10-28)29(32,33)34/h1,3-6,17,20,35H,2,7-16,18-19H2. The topological polar surface area (TPSA) is 44.8 Å². The van der Waals surface area contributed by atoms with E-state index in [0.29, 0.717) is 69.7 Å². The van der Waals surface area contributed by atoms with Crippen LogP contribution < -0.4 is 10.1 Å². The van der Waals surface area contributed by atoms with Crippen molar-refractivity contribution in [1.82, 2.24) is 15.1 Å². The average Bonchev–Trinajstić information content (AvgIpc) is 2.90. The summed E-state index contributed by atoms with van der Waals surface area (Å²) < 4.78 is 76.2. The highest BCUT2D eigenvalue weighted by atomic mass is 19.4. The largest absolute Gasteiger partial charge is 0.490 e. The Hall–Kier alpha value is -2.72. The minimum Gasteiger partial charge on any atom is -0.490 e. The lowest BCUT2D eigenvalue weighted by molar-refractivity contribution is -0.256. The van der Waals surface area contributed by atoms with Gasteiger partial charge in [-0.3, -0.25) is 4.79 Å². The third-order valence-electron chi connectivity index (χ3n) is 8.49. The number of nitrogens with zero attached hydrogens (tertiary/aromatic N) is 2. The molecule has 0 atom stereocenters. The van der Waals surface area contributed by atoms with Crippen LogP contribution in [0.2, 0.25) is 0 Å². The fourth-order valence-electron chi connectivity index (χ4n) is 5.88. The summed E-state index contributed by atoms with van der Waals surface area (Å²) >= 11 is 0. The monoisotopic (exact) mass is 551 g/mol. The fraction of sp³-hybridized carbons (Fsp3) is 0.552. The highest BCUT2D eigenvalue weighted by Crippen LogP contribution is 2.53. The van der Waals surface area contributed by atoms with Gasteiger partial charge < -0.3 is 19.9 Å². The van der Waals surface area contributed by atoms with E-state index in [9.17, 15) is 22.4 Å². The molecule has 2 aliphatic heterocycles. The van der Waals surface area contributed by atoms with Gasteiger partial charge in [-0.15, -0.1) is 0 Å². The molecule has 5 nitrogen and oxygen atoms in total. The summed E-state index contributed by atoms with van der Waals surface area (Å²) in [6.45, 7) is 3.65. The van der Waals surface area contributed by atoms with Gasteiger partial charge in [-0.2, -0.15) is 13.2 Å². The predicted molar refractivity (Wildman–Crippen MR) is 138 cm³/mol. The number of hydrogen-bond acceptors (Lipinski definition) is 4. The van der Waals surface area contributed by atoms with Crippen LogP contribution >= 0.6 is 0 Å². The summed E-state index contributed by atoms with van der Waals surface area (Å²) in [4.78, 5) is 16.6. The van der Waals surface area contributed by atoms with E-state index in [-0.39, 0.29) is 43.2 Å². The van der Waals surface area contributed by atoms with E-state index < -0.39 is 29.1 Å². The molecule has 0 unspecified atom stereocenters. The number of ether oxygens (including phenoxy) is 1. The van der Waals surface area contributed by atoms with Crippen molar-refractivity contribution in [1.29, 1.82) is 0 Å². The molecule has 2 aromatic rings. The molecule has 2 heterocycles. The van der Waals surface area contributed by atoms with E-state index in [2.05, 4.69) is 5.32 Å². The Bertz CT molecular complexity index is 1170. The van der Waals surface area contributed by atoms with Crippen LogP contribution in [0.25, 0.3) is 11.1 Å². The Balaban J connectivity index is 1.19. The van der Waals surface area contributed by atoms with E-state index in [1.165, 1.54) is 24.3 Å². The van der Waals surface area contributed by atoms with Crippen molar-refractivity contribution in [2.24, 2.45) is 11.3 Å². The normalized spacial score (nSPS) is 20.5. The number of likely N-dealkylation sites (tertiary alicyclic amines) is 1. The van der Waals surface area contributed by atoms with Crippen molar-refractivity contribution in [3.63, 3.8) is 0 Å². The van der Waals surface area contributed by atoms with Gasteiger partial charge in [0.1, 0.15) is 5.82 Å². The third-order valence-corrected chi connectivity index (χ3v) is 8.49. The molecule has 3 fully saturated rings. The van der Waals surface area contributed by atoms with Crippen molar-refractivity contribution in [2.45, 2.75) is 38.3 Å². The number of nitrogens with one attached hydrogen (secondary N) is 1. The maximum absolute atomic E-state index is 15.0. The maximum atomic E-state index is 15.0. The zero-order valence-corrected chi connectivity index (χ0v) is 21.8. The zero-order valence-electron chi connectivity index (χ0n) is 21.8. The molecule has 1 saturated carbocycles. The predicted octanol–water partition coefficient (Wildman–Crippen LogP) is 5.50. The number of piperidine rings is 1. The SMILES string of the molecule is O=C(c1c(F)cccc1-c1ccc(OCC2CCN(CC3(C(F)(F)F)CCC3)CC2)c(F)c1)N1CCNCC1. The first-order valence-corrected chi connectivity index (χ1v) is 13.7. The van der Waals surface area contributed by atoms with E-state index in [1.807, 2.05) is 4.90 Å². The minimum absolute atomic E-state index is 0.0538. The second-order valence-electron chi connectivity index (χ2n) is 11.0. The highest BCUT2D eigenvalue weighted by Gasteiger charge is 2.58. The number of piperazine rings is 1. The van der Waals surface area contributed by atoms with Crippen molar-refractivity contribution >= 4 is 5.91 Å². The summed E-state index contributed by atoms with van der Waals surface area (Å²) in [5, 5.41) is 3.16. The molecule has 3 aliphatic rings. The minimum atomic E-state index is -4.17. The van der Waals surface area contributed by atoms with Crippen LogP contribution in [-0.4, -0.2) is 74.3 Å². The molecular weight excluding hydrogens is 517 g/mol. The molecule has 5 rings (SSSR count). The Labute approximate surface area is 225 Å². The van der Waals surface area contributed by atoms with Crippen LogP contribution in [0.4, 0.5) is 22.0 Å². The van der Waals surface area contributed by atoms with Gasteiger partial charge >= 0.3 is 6.18 Å². The Morgan fingerprint density at radius 2 is 1.72 bits per heavy atom. The first-order chi connectivity index (χ1) is 18.7. The smallest absolute Gasteiger partial charge is 0.395 e. The second kappa shape index (κ2) is 11.4. The van der Waals surface area contributed by atoms with Gasteiger partial charge in [-0.25, -0.2) is 8.78 Å². The van der Waals surface area contributed by atoms with Crippen LogP contribution in [0.5, 0.6) is 5.75 Å². The van der Waals surface area contributed by atoms with Crippen molar-refractivity contribution in [2.75, 3.05) is 52.4 Å². The first-order valence-electron chi connectivity index (χ1n) is 13.7. The van der Waals surface area contributed by atoms with Gasteiger partial charge in [-0.05, 0) is 74.0 Å². The number of carbonyl (C=O) groups is 1. The lowest BCUT2D eigenvalue weighted by Crippen LogP contribution is -2.53. The lowest BCUT2D eigenvalue weighted by Gasteiger charge is -2.47. The van der Waals surface area contributed by atoms with E-state index >= 15 is 4.39 Å². The summed E-state index contributed by atoms with van der Waals surface area (Å²) in [6, 6.07) is 8.67. The zero-order chi connectivity index (χ0) is 27.6. The fourth-order valence-corrected chi connectivity index (χ4v) is 5.88. The van der Waals surface area contributed by atoms with Gasteiger partial charge in [0, 0.05) is 32.7 Å². The molecule has 1 aliphatic carbocycles. The summed E-state index contributed by atoms with van der Waals surface area (Å²) in [7, 11) is 0. The second-order valence-corrected chi connectivity index (χ2v) is 11.0. The van der Waals surface area contributed by atoms with E-state index in [1.54, 1.807) is 17.0 Å². The number of benzene rings is 2.